The Labute approximate surface area is 155 Å². The highest BCUT2D eigenvalue weighted by molar-refractivity contribution is 7.89. The number of carbonyl (C=O) groups is 1. The molecule has 2 rings (SSSR count). The summed E-state index contributed by atoms with van der Waals surface area (Å²) in [5.74, 6) is -0.423. The first-order chi connectivity index (χ1) is 12.1. The first-order valence-corrected chi connectivity index (χ1v) is 9.73. The van der Waals surface area contributed by atoms with Crippen LogP contribution in [0.4, 0.5) is 11.4 Å². The normalized spacial score (nSPS) is 11.3. The molecule has 7 heteroatoms. The van der Waals surface area contributed by atoms with Crippen LogP contribution in [-0.4, -0.2) is 35.0 Å². The van der Waals surface area contributed by atoms with E-state index in [1.807, 2.05) is 50.2 Å². The van der Waals surface area contributed by atoms with E-state index in [1.165, 1.54) is 0 Å². The maximum absolute atomic E-state index is 12.6. The lowest BCUT2D eigenvalue weighted by Crippen LogP contribution is -2.33. The molecule has 0 atom stereocenters. The van der Waals surface area contributed by atoms with Gasteiger partial charge in [-0.3, -0.25) is 4.79 Å². The number of aryl methyl sites for hydroxylation is 3. The number of hydrogen-bond donors (Lipinski definition) is 2. The Hall–Kier alpha value is -2.38. The fourth-order valence-corrected chi connectivity index (χ4v) is 4.30. The lowest BCUT2D eigenvalue weighted by atomic mass is 10.1. The van der Waals surface area contributed by atoms with Crippen molar-refractivity contribution in [3.05, 3.63) is 53.1 Å². The minimum Gasteiger partial charge on any atom is -0.378 e. The van der Waals surface area contributed by atoms with Crippen molar-refractivity contribution in [2.24, 2.45) is 0 Å². The number of rotatable bonds is 6. The number of nitrogens with zero attached hydrogens (tertiary/aromatic N) is 1. The first-order valence-electron chi connectivity index (χ1n) is 8.25. The molecule has 26 heavy (non-hydrogen) atoms. The average Bonchev–Trinajstić information content (AvgIpc) is 2.52. The SMILES string of the molecule is Cc1cc(C)c(S(=O)(=O)NCC(=O)Nc2ccc(N(C)C)cc2)c(C)c1. The zero-order valence-corrected chi connectivity index (χ0v) is 16.6. The highest BCUT2D eigenvalue weighted by Gasteiger charge is 2.20. The summed E-state index contributed by atoms with van der Waals surface area (Å²) in [5, 5.41) is 2.69. The number of anilines is 2. The van der Waals surface area contributed by atoms with Crippen molar-refractivity contribution in [3.63, 3.8) is 0 Å². The van der Waals surface area contributed by atoms with Gasteiger partial charge in [-0.2, -0.15) is 0 Å². The third-order valence-corrected chi connectivity index (χ3v) is 5.67. The number of sulfonamides is 1. The molecule has 0 radical (unpaired) electrons. The van der Waals surface area contributed by atoms with Gasteiger partial charge in [0, 0.05) is 25.5 Å². The van der Waals surface area contributed by atoms with Gasteiger partial charge in [-0.05, 0) is 56.2 Å². The molecule has 0 unspecified atom stereocenters. The Morgan fingerprint density at radius 3 is 2.04 bits per heavy atom. The molecule has 2 N–H and O–H groups in total. The Morgan fingerprint density at radius 2 is 1.54 bits per heavy atom. The standard InChI is InChI=1S/C19H25N3O3S/c1-13-10-14(2)19(15(3)11-13)26(24,25)20-12-18(23)21-16-6-8-17(9-7-16)22(4)5/h6-11,20H,12H2,1-5H3,(H,21,23). The van der Waals surface area contributed by atoms with E-state index in [9.17, 15) is 13.2 Å². The van der Waals surface area contributed by atoms with E-state index < -0.39 is 15.9 Å². The van der Waals surface area contributed by atoms with E-state index in [4.69, 9.17) is 0 Å². The largest absolute Gasteiger partial charge is 0.378 e. The second-order valence-electron chi connectivity index (χ2n) is 6.54. The van der Waals surface area contributed by atoms with Crippen LogP contribution >= 0.6 is 0 Å². The van der Waals surface area contributed by atoms with Crippen LogP contribution in [0.1, 0.15) is 16.7 Å². The molecule has 2 aromatic rings. The quantitative estimate of drug-likeness (QED) is 0.813. The maximum Gasteiger partial charge on any atom is 0.241 e. The average molecular weight is 375 g/mol. The number of benzene rings is 2. The smallest absolute Gasteiger partial charge is 0.241 e. The Kier molecular flexibility index (Phi) is 6.05. The van der Waals surface area contributed by atoms with Crippen LogP contribution in [0, 0.1) is 20.8 Å². The van der Waals surface area contributed by atoms with Crippen molar-refractivity contribution < 1.29 is 13.2 Å². The molecule has 0 saturated heterocycles. The minimum absolute atomic E-state index is 0.228. The first kappa shape index (κ1) is 19.9. The van der Waals surface area contributed by atoms with Gasteiger partial charge < -0.3 is 10.2 Å². The van der Waals surface area contributed by atoms with Crippen LogP contribution in [0.3, 0.4) is 0 Å². The highest BCUT2D eigenvalue weighted by atomic mass is 32.2. The van der Waals surface area contributed by atoms with E-state index >= 15 is 0 Å². The van der Waals surface area contributed by atoms with E-state index in [2.05, 4.69) is 10.0 Å². The van der Waals surface area contributed by atoms with E-state index in [1.54, 1.807) is 26.0 Å². The number of nitrogens with one attached hydrogen (secondary N) is 2. The van der Waals surface area contributed by atoms with Gasteiger partial charge in [-0.25, -0.2) is 13.1 Å². The summed E-state index contributed by atoms with van der Waals surface area (Å²) in [4.78, 5) is 14.3. The Balaban J connectivity index is 2.04. The fourth-order valence-electron chi connectivity index (χ4n) is 2.87. The van der Waals surface area contributed by atoms with Crippen molar-refractivity contribution in [2.45, 2.75) is 25.7 Å². The molecule has 0 bridgehead atoms. The lowest BCUT2D eigenvalue weighted by molar-refractivity contribution is -0.115. The van der Waals surface area contributed by atoms with Crippen molar-refractivity contribution in [1.29, 1.82) is 0 Å². The predicted octanol–water partition coefficient (Wildman–Crippen LogP) is 2.59. The van der Waals surface area contributed by atoms with Gasteiger partial charge in [0.1, 0.15) is 0 Å². The highest BCUT2D eigenvalue weighted by Crippen LogP contribution is 2.21. The molecule has 140 valence electrons. The minimum atomic E-state index is -3.76. The molecule has 0 fully saturated rings. The molecule has 0 aliphatic carbocycles. The van der Waals surface area contributed by atoms with Crippen LogP contribution in [0.25, 0.3) is 0 Å². The second-order valence-corrected chi connectivity index (χ2v) is 8.25. The zero-order valence-electron chi connectivity index (χ0n) is 15.8. The van der Waals surface area contributed by atoms with Gasteiger partial charge in [-0.1, -0.05) is 17.7 Å². The van der Waals surface area contributed by atoms with Crippen molar-refractivity contribution in [2.75, 3.05) is 30.9 Å². The van der Waals surface area contributed by atoms with Gasteiger partial charge >= 0.3 is 0 Å². The molecule has 0 aliphatic heterocycles. The molecule has 0 aliphatic rings. The van der Waals surface area contributed by atoms with Gasteiger partial charge in [-0.15, -0.1) is 0 Å². The molecule has 0 heterocycles. The van der Waals surface area contributed by atoms with Crippen LogP contribution in [-0.2, 0) is 14.8 Å². The van der Waals surface area contributed by atoms with Crippen LogP contribution in [0.15, 0.2) is 41.3 Å². The van der Waals surface area contributed by atoms with Gasteiger partial charge in [0.15, 0.2) is 0 Å². The molecular formula is C19H25N3O3S. The number of amides is 1. The zero-order chi connectivity index (χ0) is 19.5. The summed E-state index contributed by atoms with van der Waals surface area (Å²) in [7, 11) is 0.0948. The molecule has 1 amide bonds. The van der Waals surface area contributed by atoms with Crippen molar-refractivity contribution in [1.82, 2.24) is 4.72 Å². The van der Waals surface area contributed by atoms with E-state index in [-0.39, 0.29) is 11.4 Å². The summed E-state index contributed by atoms with van der Waals surface area (Å²) < 4.78 is 27.5. The Morgan fingerprint density at radius 1 is 1.00 bits per heavy atom. The summed E-state index contributed by atoms with van der Waals surface area (Å²) in [5.41, 5.74) is 3.94. The molecule has 2 aromatic carbocycles. The summed E-state index contributed by atoms with van der Waals surface area (Å²) in [6.45, 7) is 5.09. The number of carbonyl (C=O) groups excluding carboxylic acids is 1. The lowest BCUT2D eigenvalue weighted by Gasteiger charge is -2.14. The van der Waals surface area contributed by atoms with Crippen molar-refractivity contribution >= 4 is 27.3 Å². The third kappa shape index (κ3) is 4.83. The van der Waals surface area contributed by atoms with Gasteiger partial charge in [0.2, 0.25) is 15.9 Å². The fraction of sp³-hybridized carbons (Fsp3) is 0.316. The Bertz CT molecular complexity index is 881. The third-order valence-electron chi connectivity index (χ3n) is 3.96. The summed E-state index contributed by atoms with van der Waals surface area (Å²) in [6, 6.07) is 10.9. The molecular weight excluding hydrogens is 350 g/mol. The monoisotopic (exact) mass is 375 g/mol. The van der Waals surface area contributed by atoms with Gasteiger partial charge in [0.25, 0.3) is 0 Å². The van der Waals surface area contributed by atoms with E-state index in [0.717, 1.165) is 11.3 Å². The molecule has 0 spiro atoms. The molecule has 6 nitrogen and oxygen atoms in total. The molecule has 0 aromatic heterocycles. The number of hydrogen-bond acceptors (Lipinski definition) is 4. The predicted molar refractivity (Wildman–Crippen MR) is 105 cm³/mol. The van der Waals surface area contributed by atoms with Crippen LogP contribution in [0.5, 0.6) is 0 Å². The van der Waals surface area contributed by atoms with E-state index in [0.29, 0.717) is 16.8 Å². The van der Waals surface area contributed by atoms with Crippen molar-refractivity contribution in [3.8, 4) is 0 Å². The van der Waals surface area contributed by atoms with Crippen LogP contribution < -0.4 is 14.9 Å². The summed E-state index contributed by atoms with van der Waals surface area (Å²) in [6.07, 6.45) is 0. The summed E-state index contributed by atoms with van der Waals surface area (Å²) >= 11 is 0. The maximum atomic E-state index is 12.6. The molecule has 0 saturated carbocycles. The topological polar surface area (TPSA) is 78.5 Å². The van der Waals surface area contributed by atoms with Crippen LogP contribution in [0.2, 0.25) is 0 Å². The second kappa shape index (κ2) is 7.88. The van der Waals surface area contributed by atoms with Gasteiger partial charge in [0.05, 0.1) is 11.4 Å².